The van der Waals surface area contributed by atoms with Crippen LogP contribution in [0, 0.1) is 12.8 Å². The maximum absolute atomic E-state index is 11.8. The van der Waals surface area contributed by atoms with E-state index in [9.17, 15) is 9.90 Å². The second kappa shape index (κ2) is 7.29. The third kappa shape index (κ3) is 4.23. The Hall–Kier alpha value is -1.55. The Morgan fingerprint density at radius 2 is 2.00 bits per heavy atom. The van der Waals surface area contributed by atoms with Crippen LogP contribution in [-0.4, -0.2) is 23.8 Å². The van der Waals surface area contributed by atoms with E-state index in [0.29, 0.717) is 12.5 Å². The van der Waals surface area contributed by atoms with E-state index in [1.165, 1.54) is 19.3 Å². The minimum Gasteiger partial charge on any atom is -0.391 e. The van der Waals surface area contributed by atoms with Crippen LogP contribution in [0.15, 0.2) is 24.3 Å². The van der Waals surface area contributed by atoms with Crippen LogP contribution in [0.5, 0.6) is 0 Å². The van der Waals surface area contributed by atoms with Crippen molar-refractivity contribution < 1.29 is 9.90 Å². The molecule has 2 rings (SSSR count). The first-order chi connectivity index (χ1) is 9.66. The maximum atomic E-state index is 11.8. The van der Waals surface area contributed by atoms with Gasteiger partial charge in [-0.1, -0.05) is 37.5 Å². The van der Waals surface area contributed by atoms with Crippen LogP contribution in [0.3, 0.4) is 0 Å². The highest BCUT2D eigenvalue weighted by Crippen LogP contribution is 2.26. The summed E-state index contributed by atoms with van der Waals surface area (Å²) in [5.74, 6) is 0.336. The van der Waals surface area contributed by atoms with E-state index in [1.807, 2.05) is 31.2 Å². The third-order valence-corrected chi connectivity index (χ3v) is 4.06. The summed E-state index contributed by atoms with van der Waals surface area (Å²) in [6.07, 6.45) is 5.36. The number of urea groups is 1. The van der Waals surface area contributed by atoms with E-state index in [-0.39, 0.29) is 6.03 Å². The number of aliphatic hydroxyl groups is 1. The minimum atomic E-state index is -0.432. The molecule has 4 nitrogen and oxygen atoms in total. The van der Waals surface area contributed by atoms with Gasteiger partial charge in [0.1, 0.15) is 0 Å². The van der Waals surface area contributed by atoms with Crippen molar-refractivity contribution in [2.24, 2.45) is 5.92 Å². The molecule has 1 atom stereocenters. The average molecular weight is 276 g/mol. The number of aliphatic hydroxyl groups excluding tert-OH is 1. The van der Waals surface area contributed by atoms with Crippen LogP contribution in [0.1, 0.15) is 37.7 Å². The lowest BCUT2D eigenvalue weighted by Crippen LogP contribution is -2.39. The van der Waals surface area contributed by atoms with Crippen LogP contribution < -0.4 is 10.6 Å². The molecule has 0 unspecified atom stereocenters. The molecule has 0 bridgehead atoms. The van der Waals surface area contributed by atoms with E-state index in [1.54, 1.807) is 0 Å². The largest absolute Gasteiger partial charge is 0.391 e. The fourth-order valence-electron chi connectivity index (χ4n) is 2.76. The van der Waals surface area contributed by atoms with Gasteiger partial charge in [0, 0.05) is 12.2 Å². The highest BCUT2D eigenvalue weighted by Gasteiger charge is 2.21. The number of rotatable bonds is 4. The predicted molar refractivity (Wildman–Crippen MR) is 80.8 cm³/mol. The zero-order valence-electron chi connectivity index (χ0n) is 12.1. The standard InChI is InChI=1S/C16H24N2O2/c1-12-7-5-6-10-14(12)18-16(20)17-11-15(19)13-8-3-2-4-9-13/h5-7,10,13,15,19H,2-4,8-9,11H2,1H3,(H2,17,18,20)/t15-/m1/s1. The molecule has 0 aliphatic heterocycles. The summed E-state index contributed by atoms with van der Waals surface area (Å²) in [5, 5.41) is 15.7. The van der Waals surface area contributed by atoms with Gasteiger partial charge < -0.3 is 15.7 Å². The van der Waals surface area contributed by atoms with E-state index in [4.69, 9.17) is 0 Å². The number of hydrogen-bond acceptors (Lipinski definition) is 2. The predicted octanol–water partition coefficient (Wildman–Crippen LogP) is 3.06. The van der Waals surface area contributed by atoms with E-state index in [2.05, 4.69) is 10.6 Å². The first-order valence-corrected chi connectivity index (χ1v) is 7.45. The van der Waals surface area contributed by atoms with Crippen molar-refractivity contribution >= 4 is 11.7 Å². The number of carbonyl (C=O) groups is 1. The number of amides is 2. The number of benzene rings is 1. The molecule has 0 spiro atoms. The zero-order valence-corrected chi connectivity index (χ0v) is 12.1. The number of para-hydroxylation sites is 1. The van der Waals surface area contributed by atoms with Gasteiger partial charge in [-0.25, -0.2) is 4.79 Å². The number of aryl methyl sites for hydroxylation is 1. The topological polar surface area (TPSA) is 61.4 Å². The van der Waals surface area contributed by atoms with E-state index >= 15 is 0 Å². The summed E-state index contributed by atoms with van der Waals surface area (Å²) in [4.78, 5) is 11.8. The molecule has 1 aliphatic carbocycles. The number of anilines is 1. The second-order valence-electron chi connectivity index (χ2n) is 5.62. The number of carbonyl (C=O) groups excluding carboxylic acids is 1. The molecule has 4 heteroatoms. The molecule has 1 aromatic carbocycles. The summed E-state index contributed by atoms with van der Waals surface area (Å²) < 4.78 is 0. The van der Waals surface area contributed by atoms with Gasteiger partial charge in [-0.2, -0.15) is 0 Å². The quantitative estimate of drug-likeness (QED) is 0.791. The molecular weight excluding hydrogens is 252 g/mol. The van der Waals surface area contributed by atoms with Crippen molar-refractivity contribution in [3.8, 4) is 0 Å². The Kier molecular flexibility index (Phi) is 5.41. The first-order valence-electron chi connectivity index (χ1n) is 7.45. The highest BCUT2D eigenvalue weighted by atomic mass is 16.3. The minimum absolute atomic E-state index is 0.255. The van der Waals surface area contributed by atoms with Crippen LogP contribution >= 0.6 is 0 Å². The fourth-order valence-corrected chi connectivity index (χ4v) is 2.76. The smallest absolute Gasteiger partial charge is 0.319 e. The van der Waals surface area contributed by atoms with E-state index in [0.717, 1.165) is 24.1 Å². The first kappa shape index (κ1) is 14.9. The molecule has 2 amide bonds. The van der Waals surface area contributed by atoms with Gasteiger partial charge in [0.05, 0.1) is 6.10 Å². The molecule has 0 radical (unpaired) electrons. The van der Waals surface area contributed by atoms with Crippen molar-refractivity contribution in [1.29, 1.82) is 0 Å². The van der Waals surface area contributed by atoms with Crippen LogP contribution in [0.25, 0.3) is 0 Å². The van der Waals surface area contributed by atoms with Gasteiger partial charge in [0.25, 0.3) is 0 Å². The van der Waals surface area contributed by atoms with Gasteiger partial charge in [-0.3, -0.25) is 0 Å². The molecule has 0 heterocycles. The van der Waals surface area contributed by atoms with Crippen LogP contribution in [-0.2, 0) is 0 Å². The Bertz CT molecular complexity index is 442. The Labute approximate surface area is 120 Å². The second-order valence-corrected chi connectivity index (χ2v) is 5.62. The summed E-state index contributed by atoms with van der Waals surface area (Å²) in [6.45, 7) is 2.27. The molecule has 1 saturated carbocycles. The van der Waals surface area contributed by atoms with Crippen molar-refractivity contribution in [3.63, 3.8) is 0 Å². The molecule has 0 saturated heterocycles. The number of nitrogens with one attached hydrogen (secondary N) is 2. The van der Waals surface area contributed by atoms with Crippen molar-refractivity contribution in [2.75, 3.05) is 11.9 Å². The Morgan fingerprint density at radius 3 is 2.70 bits per heavy atom. The molecule has 20 heavy (non-hydrogen) atoms. The zero-order chi connectivity index (χ0) is 14.4. The van der Waals surface area contributed by atoms with Crippen molar-refractivity contribution in [3.05, 3.63) is 29.8 Å². The number of hydrogen-bond donors (Lipinski definition) is 3. The van der Waals surface area contributed by atoms with Gasteiger partial charge in [-0.15, -0.1) is 0 Å². The average Bonchev–Trinajstić information content (AvgIpc) is 2.48. The van der Waals surface area contributed by atoms with Gasteiger partial charge in [0.2, 0.25) is 0 Å². The molecule has 0 aromatic heterocycles. The lowest BCUT2D eigenvalue weighted by atomic mass is 9.85. The van der Waals surface area contributed by atoms with Crippen molar-refractivity contribution in [2.45, 2.75) is 45.1 Å². The van der Waals surface area contributed by atoms with Gasteiger partial charge in [0.15, 0.2) is 0 Å². The van der Waals surface area contributed by atoms with Gasteiger partial charge in [-0.05, 0) is 37.3 Å². The Balaban J connectivity index is 1.76. The summed E-state index contributed by atoms with van der Waals surface area (Å²) in [5.41, 5.74) is 1.83. The monoisotopic (exact) mass is 276 g/mol. The third-order valence-electron chi connectivity index (χ3n) is 4.06. The molecular formula is C16H24N2O2. The molecule has 1 aromatic rings. The highest BCUT2D eigenvalue weighted by molar-refractivity contribution is 5.89. The van der Waals surface area contributed by atoms with Crippen LogP contribution in [0.4, 0.5) is 10.5 Å². The summed E-state index contributed by atoms with van der Waals surface area (Å²) in [7, 11) is 0. The van der Waals surface area contributed by atoms with Crippen LogP contribution in [0.2, 0.25) is 0 Å². The van der Waals surface area contributed by atoms with E-state index < -0.39 is 6.10 Å². The van der Waals surface area contributed by atoms with Crippen molar-refractivity contribution in [1.82, 2.24) is 5.32 Å². The molecule has 1 aliphatic rings. The Morgan fingerprint density at radius 1 is 1.30 bits per heavy atom. The SMILES string of the molecule is Cc1ccccc1NC(=O)NC[C@@H](O)C1CCCCC1. The lowest BCUT2D eigenvalue weighted by Gasteiger charge is -2.26. The molecule has 110 valence electrons. The summed E-state index contributed by atoms with van der Waals surface area (Å²) in [6, 6.07) is 7.39. The summed E-state index contributed by atoms with van der Waals surface area (Å²) >= 11 is 0. The molecule has 3 N–H and O–H groups in total. The fraction of sp³-hybridized carbons (Fsp3) is 0.562. The maximum Gasteiger partial charge on any atom is 0.319 e. The molecule has 1 fully saturated rings. The van der Waals surface area contributed by atoms with Gasteiger partial charge >= 0.3 is 6.03 Å². The normalized spacial score (nSPS) is 17.5. The lowest BCUT2D eigenvalue weighted by molar-refractivity contribution is 0.0863.